The van der Waals surface area contributed by atoms with E-state index in [1.54, 1.807) is 23.2 Å². The van der Waals surface area contributed by atoms with Crippen molar-refractivity contribution < 1.29 is 14.0 Å². The van der Waals surface area contributed by atoms with Gasteiger partial charge in [0.05, 0.1) is 11.7 Å². The van der Waals surface area contributed by atoms with E-state index in [0.29, 0.717) is 25.4 Å². The van der Waals surface area contributed by atoms with E-state index >= 15 is 0 Å². The summed E-state index contributed by atoms with van der Waals surface area (Å²) in [5, 5.41) is 4.34. The summed E-state index contributed by atoms with van der Waals surface area (Å²) in [6, 6.07) is 15.4. The fraction of sp³-hybridized carbons (Fsp3) is 0.375. The van der Waals surface area contributed by atoms with Gasteiger partial charge in [-0.25, -0.2) is 0 Å². The van der Waals surface area contributed by atoms with Crippen LogP contribution >= 0.6 is 0 Å². The van der Waals surface area contributed by atoms with Gasteiger partial charge in [0.1, 0.15) is 0 Å². The number of hydrogen-bond donors (Lipinski definition) is 0. The molecule has 2 fully saturated rings. The third-order valence-corrected chi connectivity index (χ3v) is 6.76. The van der Waals surface area contributed by atoms with E-state index in [4.69, 9.17) is 4.42 Å². The largest absolute Gasteiger partial charge is 0.459 e. The zero-order valence-electron chi connectivity index (χ0n) is 17.6. The number of aryl methyl sites for hydroxylation is 1. The maximum Gasteiger partial charge on any atom is 0.289 e. The molecule has 0 bridgehead atoms. The van der Waals surface area contributed by atoms with Crippen molar-refractivity contribution in [2.45, 2.75) is 25.3 Å². The van der Waals surface area contributed by atoms with Crippen LogP contribution in [0.2, 0.25) is 0 Å². The summed E-state index contributed by atoms with van der Waals surface area (Å²) < 4.78 is 7.19. The Morgan fingerprint density at radius 1 is 1.19 bits per heavy atom. The highest BCUT2D eigenvalue weighted by atomic mass is 16.3. The van der Waals surface area contributed by atoms with Crippen molar-refractivity contribution in [3.63, 3.8) is 0 Å². The second-order valence-corrected chi connectivity index (χ2v) is 8.57. The van der Waals surface area contributed by atoms with E-state index in [1.165, 1.54) is 6.26 Å². The average Bonchev–Trinajstić information content (AvgIpc) is 3.52. The van der Waals surface area contributed by atoms with Crippen LogP contribution in [0.5, 0.6) is 0 Å². The normalized spacial score (nSPS) is 23.6. The molecule has 1 aromatic carbocycles. The molecule has 0 N–H and O–H groups in total. The van der Waals surface area contributed by atoms with Crippen molar-refractivity contribution in [1.82, 2.24) is 19.6 Å². The molecule has 4 heterocycles. The number of likely N-dealkylation sites (tertiary alicyclic amines) is 2. The quantitative estimate of drug-likeness (QED) is 0.653. The summed E-state index contributed by atoms with van der Waals surface area (Å²) in [7, 11) is 1.90. The molecule has 7 nitrogen and oxygen atoms in total. The van der Waals surface area contributed by atoms with Crippen LogP contribution in [-0.2, 0) is 18.4 Å². The number of furan rings is 1. The van der Waals surface area contributed by atoms with Crippen LogP contribution in [0.15, 0.2) is 65.4 Å². The summed E-state index contributed by atoms with van der Waals surface area (Å²) in [6.45, 7) is 2.20. The Bertz CT molecular complexity index is 1080. The third-order valence-electron chi connectivity index (χ3n) is 6.76. The van der Waals surface area contributed by atoms with Crippen LogP contribution in [0.1, 0.15) is 40.6 Å². The molecule has 3 aromatic rings. The number of carbonyl (C=O) groups excluding carboxylic acids is 2. The molecule has 7 heteroatoms. The Balaban J connectivity index is 1.49. The molecule has 2 aliphatic rings. The van der Waals surface area contributed by atoms with Gasteiger partial charge in [-0.1, -0.05) is 30.3 Å². The Morgan fingerprint density at radius 3 is 2.74 bits per heavy atom. The smallest absolute Gasteiger partial charge is 0.289 e. The van der Waals surface area contributed by atoms with Gasteiger partial charge in [-0.2, -0.15) is 5.10 Å². The molecule has 0 saturated carbocycles. The van der Waals surface area contributed by atoms with Gasteiger partial charge >= 0.3 is 0 Å². The van der Waals surface area contributed by atoms with Gasteiger partial charge in [0, 0.05) is 51.0 Å². The first-order valence-corrected chi connectivity index (χ1v) is 10.7. The van der Waals surface area contributed by atoms with E-state index in [2.05, 4.69) is 17.2 Å². The molecule has 31 heavy (non-hydrogen) atoms. The van der Waals surface area contributed by atoms with Crippen molar-refractivity contribution in [1.29, 1.82) is 0 Å². The minimum atomic E-state index is -0.650. The van der Waals surface area contributed by atoms with Crippen LogP contribution in [0.25, 0.3) is 0 Å². The first-order valence-electron chi connectivity index (χ1n) is 10.7. The number of hydrogen-bond acceptors (Lipinski definition) is 4. The predicted molar refractivity (Wildman–Crippen MR) is 114 cm³/mol. The van der Waals surface area contributed by atoms with Gasteiger partial charge < -0.3 is 14.2 Å². The second kappa shape index (κ2) is 7.72. The SMILES string of the molecule is Cn1nccc1[C@@H]1CN(C(=O)c2ccco2)C[C@]12CCCN(Cc1ccccc1)C2=O. The second-order valence-electron chi connectivity index (χ2n) is 8.57. The molecule has 1 spiro atoms. The van der Waals surface area contributed by atoms with Crippen molar-refractivity contribution >= 4 is 11.8 Å². The highest BCUT2D eigenvalue weighted by molar-refractivity contribution is 5.93. The maximum absolute atomic E-state index is 14.0. The van der Waals surface area contributed by atoms with E-state index in [0.717, 1.165) is 30.6 Å². The lowest BCUT2D eigenvalue weighted by molar-refractivity contribution is -0.147. The van der Waals surface area contributed by atoms with Gasteiger partial charge in [0.2, 0.25) is 5.91 Å². The number of carbonyl (C=O) groups is 2. The molecule has 2 saturated heterocycles. The van der Waals surface area contributed by atoms with Crippen LogP contribution in [-0.4, -0.2) is 51.0 Å². The molecule has 2 aliphatic heterocycles. The highest BCUT2D eigenvalue weighted by Crippen LogP contribution is 2.49. The molecular formula is C24H26N4O3. The first kappa shape index (κ1) is 19.6. The lowest BCUT2D eigenvalue weighted by Crippen LogP contribution is -2.52. The number of rotatable bonds is 4. The summed E-state index contributed by atoms with van der Waals surface area (Å²) in [5.74, 6) is 0.167. The van der Waals surface area contributed by atoms with E-state index < -0.39 is 5.41 Å². The molecule has 5 rings (SSSR count). The molecule has 2 atom stereocenters. The zero-order chi connectivity index (χ0) is 21.4. The lowest BCUT2D eigenvalue weighted by atomic mass is 9.70. The lowest BCUT2D eigenvalue weighted by Gasteiger charge is -2.42. The molecule has 0 radical (unpaired) electrons. The van der Waals surface area contributed by atoms with Crippen molar-refractivity contribution in [3.05, 3.63) is 78.0 Å². The third kappa shape index (κ3) is 3.34. The van der Waals surface area contributed by atoms with E-state index in [9.17, 15) is 9.59 Å². The zero-order valence-corrected chi connectivity index (χ0v) is 17.6. The standard InChI is InChI=1S/C24H26N4O3/c1-26-20(10-12-25-26)19-16-28(22(29)21-9-5-14-31-21)17-24(19)11-6-13-27(23(24)30)15-18-7-3-2-4-8-18/h2-5,7-10,12,14,19H,6,11,13,15-17H2,1H3/t19-,24+/m0/s1. The van der Waals surface area contributed by atoms with Gasteiger partial charge in [-0.3, -0.25) is 14.3 Å². The predicted octanol–water partition coefficient (Wildman–Crippen LogP) is 3.06. The van der Waals surface area contributed by atoms with E-state index in [1.807, 2.05) is 40.9 Å². The molecular weight excluding hydrogens is 392 g/mol. The Hall–Kier alpha value is -3.35. The minimum Gasteiger partial charge on any atom is -0.459 e. The number of benzene rings is 1. The fourth-order valence-electron chi connectivity index (χ4n) is 5.26. The monoisotopic (exact) mass is 418 g/mol. The summed E-state index contributed by atoms with van der Waals surface area (Å²) >= 11 is 0. The molecule has 2 aromatic heterocycles. The van der Waals surface area contributed by atoms with E-state index in [-0.39, 0.29) is 17.7 Å². The molecule has 0 unspecified atom stereocenters. The van der Waals surface area contributed by atoms with Gasteiger partial charge in [0.25, 0.3) is 5.91 Å². The van der Waals surface area contributed by atoms with Crippen LogP contribution in [0.3, 0.4) is 0 Å². The number of piperidine rings is 1. The molecule has 0 aliphatic carbocycles. The highest BCUT2D eigenvalue weighted by Gasteiger charge is 2.57. The summed E-state index contributed by atoms with van der Waals surface area (Å²) in [4.78, 5) is 30.8. The fourth-order valence-corrected chi connectivity index (χ4v) is 5.26. The summed E-state index contributed by atoms with van der Waals surface area (Å²) in [5.41, 5.74) is 1.46. The summed E-state index contributed by atoms with van der Waals surface area (Å²) in [6.07, 6.45) is 4.94. The number of amides is 2. The van der Waals surface area contributed by atoms with Gasteiger partial charge in [-0.15, -0.1) is 0 Å². The number of nitrogens with zero attached hydrogens (tertiary/aromatic N) is 4. The Morgan fingerprint density at radius 2 is 2.03 bits per heavy atom. The van der Waals surface area contributed by atoms with Crippen molar-refractivity contribution in [2.24, 2.45) is 12.5 Å². The first-order chi connectivity index (χ1) is 15.1. The Kier molecular flexibility index (Phi) is 4.88. The minimum absolute atomic E-state index is 0.106. The van der Waals surface area contributed by atoms with Crippen LogP contribution < -0.4 is 0 Å². The van der Waals surface area contributed by atoms with Crippen molar-refractivity contribution in [2.75, 3.05) is 19.6 Å². The van der Waals surface area contributed by atoms with Gasteiger partial charge in [-0.05, 0) is 36.6 Å². The maximum atomic E-state index is 14.0. The van der Waals surface area contributed by atoms with Crippen LogP contribution in [0.4, 0.5) is 0 Å². The molecule has 160 valence electrons. The average molecular weight is 418 g/mol. The Labute approximate surface area is 181 Å². The van der Waals surface area contributed by atoms with Crippen LogP contribution in [0, 0.1) is 5.41 Å². The van der Waals surface area contributed by atoms with Gasteiger partial charge in [0.15, 0.2) is 5.76 Å². The molecule has 2 amide bonds. The topological polar surface area (TPSA) is 71.6 Å². The number of aromatic nitrogens is 2. The van der Waals surface area contributed by atoms with Crippen molar-refractivity contribution in [3.8, 4) is 0 Å².